The number of aliphatic hydroxyl groups excluding tert-OH is 1. The van der Waals surface area contributed by atoms with Gasteiger partial charge in [-0.2, -0.15) is 0 Å². The predicted molar refractivity (Wildman–Crippen MR) is 38.6 cm³/mol. The normalized spacial score (nSPS) is 13.9. The SMILES string of the molecule is COC=CC(C)OCCO. The topological polar surface area (TPSA) is 38.7 Å². The molecule has 0 rings (SSSR count). The highest BCUT2D eigenvalue weighted by molar-refractivity contribution is 4.80. The molecule has 1 atom stereocenters. The fraction of sp³-hybridized carbons (Fsp3) is 0.714. The molecule has 0 aliphatic rings. The van der Waals surface area contributed by atoms with E-state index in [-0.39, 0.29) is 12.7 Å². The van der Waals surface area contributed by atoms with Crippen molar-refractivity contribution in [1.82, 2.24) is 0 Å². The van der Waals surface area contributed by atoms with Gasteiger partial charge in [0.15, 0.2) is 0 Å². The van der Waals surface area contributed by atoms with Crippen LogP contribution in [0.25, 0.3) is 0 Å². The first kappa shape index (κ1) is 9.46. The molecule has 3 nitrogen and oxygen atoms in total. The lowest BCUT2D eigenvalue weighted by Gasteiger charge is -2.05. The van der Waals surface area contributed by atoms with E-state index in [1.165, 1.54) is 0 Å². The average molecular weight is 146 g/mol. The van der Waals surface area contributed by atoms with Gasteiger partial charge in [-0.3, -0.25) is 0 Å². The van der Waals surface area contributed by atoms with E-state index in [4.69, 9.17) is 9.84 Å². The van der Waals surface area contributed by atoms with Gasteiger partial charge < -0.3 is 14.6 Å². The average Bonchev–Trinajstić information content (AvgIpc) is 1.97. The third kappa shape index (κ3) is 5.59. The van der Waals surface area contributed by atoms with Crippen molar-refractivity contribution in [2.45, 2.75) is 13.0 Å². The summed E-state index contributed by atoms with van der Waals surface area (Å²) < 4.78 is 9.75. The molecule has 0 radical (unpaired) electrons. The zero-order valence-electron chi connectivity index (χ0n) is 6.41. The summed E-state index contributed by atoms with van der Waals surface area (Å²) in [6.45, 7) is 2.31. The molecule has 1 N–H and O–H groups in total. The molecule has 0 bridgehead atoms. The van der Waals surface area contributed by atoms with E-state index in [1.54, 1.807) is 19.4 Å². The van der Waals surface area contributed by atoms with Gasteiger partial charge in [-0.15, -0.1) is 0 Å². The van der Waals surface area contributed by atoms with Gasteiger partial charge in [0.2, 0.25) is 0 Å². The second-order valence-corrected chi connectivity index (χ2v) is 1.86. The van der Waals surface area contributed by atoms with E-state index in [0.717, 1.165) is 0 Å². The van der Waals surface area contributed by atoms with E-state index < -0.39 is 0 Å². The summed E-state index contributed by atoms with van der Waals surface area (Å²) in [7, 11) is 1.58. The van der Waals surface area contributed by atoms with Crippen LogP contribution in [0.4, 0.5) is 0 Å². The van der Waals surface area contributed by atoms with Crippen LogP contribution in [0.5, 0.6) is 0 Å². The van der Waals surface area contributed by atoms with Crippen LogP contribution >= 0.6 is 0 Å². The molecule has 0 aromatic heterocycles. The Morgan fingerprint density at radius 2 is 2.30 bits per heavy atom. The predicted octanol–water partition coefficient (Wildman–Crippen LogP) is 0.544. The molecular weight excluding hydrogens is 132 g/mol. The second-order valence-electron chi connectivity index (χ2n) is 1.86. The van der Waals surface area contributed by atoms with Crippen molar-refractivity contribution < 1.29 is 14.6 Å². The Labute approximate surface area is 61.3 Å². The molecule has 0 aliphatic carbocycles. The first-order valence-corrected chi connectivity index (χ1v) is 3.23. The highest BCUT2D eigenvalue weighted by Gasteiger charge is 1.93. The van der Waals surface area contributed by atoms with E-state index in [0.29, 0.717) is 6.61 Å². The monoisotopic (exact) mass is 146 g/mol. The van der Waals surface area contributed by atoms with Crippen LogP contribution in [0.2, 0.25) is 0 Å². The highest BCUT2D eigenvalue weighted by Crippen LogP contribution is 1.91. The number of ether oxygens (including phenoxy) is 2. The van der Waals surface area contributed by atoms with Crippen molar-refractivity contribution in [2.24, 2.45) is 0 Å². The Balaban J connectivity index is 3.24. The summed E-state index contributed by atoms with van der Waals surface area (Å²) in [5.41, 5.74) is 0. The van der Waals surface area contributed by atoms with Gasteiger partial charge in [0.05, 0.1) is 32.7 Å². The zero-order valence-corrected chi connectivity index (χ0v) is 6.41. The summed E-state index contributed by atoms with van der Waals surface area (Å²) in [4.78, 5) is 0. The summed E-state index contributed by atoms with van der Waals surface area (Å²) >= 11 is 0. The van der Waals surface area contributed by atoms with Crippen molar-refractivity contribution in [3.63, 3.8) is 0 Å². The number of hydrogen-bond donors (Lipinski definition) is 1. The van der Waals surface area contributed by atoms with Gasteiger partial charge >= 0.3 is 0 Å². The molecule has 10 heavy (non-hydrogen) atoms. The minimum absolute atomic E-state index is 0.00657. The van der Waals surface area contributed by atoms with E-state index in [2.05, 4.69) is 4.74 Å². The molecule has 1 unspecified atom stereocenters. The molecule has 0 heterocycles. The van der Waals surface area contributed by atoms with Crippen LogP contribution in [-0.2, 0) is 9.47 Å². The fourth-order valence-corrected chi connectivity index (χ4v) is 0.483. The summed E-state index contributed by atoms with van der Waals surface area (Å²) in [6, 6.07) is 0. The molecule has 0 spiro atoms. The van der Waals surface area contributed by atoms with E-state index >= 15 is 0 Å². The van der Waals surface area contributed by atoms with Gasteiger partial charge in [0.1, 0.15) is 0 Å². The third-order valence-electron chi connectivity index (χ3n) is 0.958. The molecule has 3 heteroatoms. The molecule has 0 amide bonds. The molecular formula is C7H14O3. The van der Waals surface area contributed by atoms with Crippen molar-refractivity contribution in [2.75, 3.05) is 20.3 Å². The summed E-state index contributed by atoms with van der Waals surface area (Å²) in [5.74, 6) is 0. The molecule has 0 aliphatic heterocycles. The van der Waals surface area contributed by atoms with Crippen LogP contribution in [0.15, 0.2) is 12.3 Å². The van der Waals surface area contributed by atoms with Gasteiger partial charge in [0.25, 0.3) is 0 Å². The number of methoxy groups -OCH3 is 1. The Kier molecular flexibility index (Phi) is 6.22. The van der Waals surface area contributed by atoms with Crippen molar-refractivity contribution in [3.8, 4) is 0 Å². The zero-order chi connectivity index (χ0) is 7.82. The molecule has 0 saturated carbocycles. The maximum Gasteiger partial charge on any atom is 0.0810 e. The smallest absolute Gasteiger partial charge is 0.0810 e. The number of rotatable bonds is 5. The largest absolute Gasteiger partial charge is 0.505 e. The second kappa shape index (κ2) is 6.58. The van der Waals surface area contributed by atoms with Crippen molar-refractivity contribution >= 4 is 0 Å². The minimum atomic E-state index is 0.00657. The Morgan fingerprint density at radius 1 is 1.60 bits per heavy atom. The summed E-state index contributed by atoms with van der Waals surface area (Å²) in [5, 5.41) is 8.36. The van der Waals surface area contributed by atoms with Crippen LogP contribution in [0, 0.1) is 0 Å². The number of hydrogen-bond acceptors (Lipinski definition) is 3. The van der Waals surface area contributed by atoms with Crippen molar-refractivity contribution in [1.29, 1.82) is 0 Å². The van der Waals surface area contributed by atoms with Gasteiger partial charge in [-0.05, 0) is 13.0 Å². The Morgan fingerprint density at radius 3 is 2.80 bits per heavy atom. The molecule has 0 aromatic carbocycles. The minimum Gasteiger partial charge on any atom is -0.505 e. The van der Waals surface area contributed by atoms with Gasteiger partial charge in [-0.1, -0.05) is 0 Å². The van der Waals surface area contributed by atoms with Crippen LogP contribution in [-0.4, -0.2) is 31.5 Å². The molecule has 0 aromatic rings. The maximum absolute atomic E-state index is 8.36. The van der Waals surface area contributed by atoms with E-state index in [1.807, 2.05) is 6.92 Å². The molecule has 0 fully saturated rings. The Bertz CT molecular complexity index is 90.9. The standard InChI is InChI=1S/C7H14O3/c1-7(3-5-9-2)10-6-4-8/h3,5,7-8H,4,6H2,1-2H3. The van der Waals surface area contributed by atoms with Crippen LogP contribution in [0.1, 0.15) is 6.92 Å². The lowest BCUT2D eigenvalue weighted by atomic mass is 10.4. The van der Waals surface area contributed by atoms with E-state index in [9.17, 15) is 0 Å². The maximum atomic E-state index is 8.36. The first-order chi connectivity index (χ1) is 4.81. The first-order valence-electron chi connectivity index (χ1n) is 3.23. The fourth-order valence-electron chi connectivity index (χ4n) is 0.483. The lowest BCUT2D eigenvalue weighted by Crippen LogP contribution is -2.08. The quantitative estimate of drug-likeness (QED) is 0.575. The van der Waals surface area contributed by atoms with Crippen LogP contribution < -0.4 is 0 Å². The van der Waals surface area contributed by atoms with Gasteiger partial charge in [-0.25, -0.2) is 0 Å². The highest BCUT2D eigenvalue weighted by atomic mass is 16.5. The molecule has 60 valence electrons. The third-order valence-corrected chi connectivity index (χ3v) is 0.958. The van der Waals surface area contributed by atoms with Crippen LogP contribution in [0.3, 0.4) is 0 Å². The summed E-state index contributed by atoms with van der Waals surface area (Å²) in [6.07, 6.45) is 3.34. The van der Waals surface area contributed by atoms with Gasteiger partial charge in [0, 0.05) is 0 Å². The molecule has 0 saturated heterocycles. The lowest BCUT2D eigenvalue weighted by molar-refractivity contribution is 0.0628. The van der Waals surface area contributed by atoms with Crippen molar-refractivity contribution in [3.05, 3.63) is 12.3 Å². The number of aliphatic hydroxyl groups is 1. The Hall–Kier alpha value is -0.540.